The predicted octanol–water partition coefficient (Wildman–Crippen LogP) is 8.30. The van der Waals surface area contributed by atoms with Crippen molar-refractivity contribution in [1.82, 2.24) is 21.3 Å². The van der Waals surface area contributed by atoms with E-state index in [-0.39, 0.29) is 19.2 Å². The second-order valence-corrected chi connectivity index (χ2v) is 18.0. The summed E-state index contributed by atoms with van der Waals surface area (Å²) in [6, 6.07) is 19.2. The van der Waals surface area contributed by atoms with Crippen LogP contribution in [0.3, 0.4) is 0 Å². The van der Waals surface area contributed by atoms with Crippen LogP contribution in [0.5, 0.6) is 0 Å². The van der Waals surface area contributed by atoms with E-state index in [2.05, 4.69) is 30.7 Å². The minimum Gasteiger partial charge on any atom is -0.481 e. The number of thiophene rings is 2. The quantitative estimate of drug-likeness (QED) is 0.0595. The molecule has 2 heterocycles. The lowest BCUT2D eigenvalue weighted by atomic mass is 10.1. The number of alkyl carbamates (subject to hydrolysis) is 2. The molecule has 4 rings (SSSR count). The molecule has 0 saturated carbocycles. The Labute approximate surface area is 387 Å². The number of benzene rings is 2. The highest BCUT2D eigenvalue weighted by Gasteiger charge is 2.28. The van der Waals surface area contributed by atoms with Crippen molar-refractivity contribution >= 4 is 76.2 Å². The Bertz CT molecular complexity index is 2110. The zero-order valence-corrected chi connectivity index (χ0v) is 39.0. The van der Waals surface area contributed by atoms with Gasteiger partial charge < -0.3 is 45.3 Å². The molecule has 16 nitrogen and oxygen atoms in total. The fourth-order valence-corrected chi connectivity index (χ4v) is 6.92. The van der Waals surface area contributed by atoms with E-state index < -0.39 is 53.4 Å². The van der Waals surface area contributed by atoms with E-state index in [9.17, 15) is 28.8 Å². The van der Waals surface area contributed by atoms with Gasteiger partial charge in [0.05, 0.1) is 29.7 Å². The lowest BCUT2D eigenvalue weighted by Crippen LogP contribution is -2.42. The van der Waals surface area contributed by atoms with Gasteiger partial charge in [-0.3, -0.25) is 14.4 Å². The molecule has 0 aliphatic carbocycles. The van der Waals surface area contributed by atoms with E-state index in [1.165, 1.54) is 36.9 Å². The highest BCUT2D eigenvalue weighted by molar-refractivity contribution is 7.16. The average molecular weight is 948 g/mol. The molecule has 2 unspecified atom stereocenters. The Morgan fingerprint density at radius 2 is 1.03 bits per heavy atom. The number of aliphatic carboxylic acids is 1. The van der Waals surface area contributed by atoms with Gasteiger partial charge in [-0.1, -0.05) is 49.4 Å². The molecule has 5 N–H and O–H groups in total. The molecule has 2 aromatic heterocycles. The molecular weight excluding hydrogens is 888 g/mol. The molecule has 64 heavy (non-hydrogen) atoms. The molecule has 0 radical (unpaired) electrons. The molecule has 0 spiro atoms. The molecule has 0 bridgehead atoms. The summed E-state index contributed by atoms with van der Waals surface area (Å²) in [4.78, 5) is 83.0. The van der Waals surface area contributed by atoms with Crippen LogP contribution in [0.4, 0.5) is 9.59 Å². The summed E-state index contributed by atoms with van der Waals surface area (Å²) >= 11 is 8.58. The monoisotopic (exact) mass is 946 g/mol. The van der Waals surface area contributed by atoms with Crippen LogP contribution in [0.1, 0.15) is 110 Å². The minimum absolute atomic E-state index is 0. The summed E-state index contributed by atoms with van der Waals surface area (Å²) in [5.41, 5.74) is 1.50. The van der Waals surface area contributed by atoms with Crippen molar-refractivity contribution in [3.05, 3.63) is 115 Å². The number of carboxylic acid groups (broad SMARTS) is 1. The molecular formula is C45H59ClN4O12S2. The third kappa shape index (κ3) is 21.9. The van der Waals surface area contributed by atoms with Gasteiger partial charge in [0, 0.05) is 29.8 Å². The standard InChI is InChI=1S/C21H25ClN2O5S.C21H26N2O5S.C2H4O2.CH4/c1-21(2,3)29-20(27)24-17(15-9-10-16(22)30-15)18(25)23-12-11-13-5-7-14(8-6-13)19(26)28-4;1-21(2,3)28-20(26)23-17(16-6-5-13-29-16)18(24)22-12-11-14-7-9-15(10-8-14)19(25)27-4;1-2(3)4;/h5-10,17H,11-12H2,1-4H3,(H,23,25)(H,24,27);5-10,13,17H,11-12H2,1-4H3,(H,22,24)(H,23,26);1H3,(H,3,4);1H4. The second-order valence-electron chi connectivity index (χ2n) is 15.3. The minimum atomic E-state index is -0.918. The maximum atomic E-state index is 12.7. The lowest BCUT2D eigenvalue weighted by Gasteiger charge is -2.23. The van der Waals surface area contributed by atoms with Gasteiger partial charge in [-0.05, 0) is 113 Å². The van der Waals surface area contributed by atoms with Crippen molar-refractivity contribution in [2.75, 3.05) is 27.3 Å². The molecule has 0 saturated heterocycles. The zero-order valence-electron chi connectivity index (χ0n) is 36.6. The number of rotatable bonds is 14. The molecule has 4 aromatic rings. The predicted molar refractivity (Wildman–Crippen MR) is 247 cm³/mol. The van der Waals surface area contributed by atoms with Crippen molar-refractivity contribution in [2.24, 2.45) is 0 Å². The summed E-state index contributed by atoms with van der Waals surface area (Å²) in [6.07, 6.45) is -0.205. The van der Waals surface area contributed by atoms with Gasteiger partial charge in [0.1, 0.15) is 23.3 Å². The molecule has 2 atom stereocenters. The lowest BCUT2D eigenvalue weighted by molar-refractivity contribution is -0.134. The van der Waals surface area contributed by atoms with Crippen LogP contribution in [0.25, 0.3) is 0 Å². The first-order valence-corrected chi connectivity index (χ1v) is 21.5. The van der Waals surface area contributed by atoms with Crippen LogP contribution >= 0.6 is 34.3 Å². The van der Waals surface area contributed by atoms with E-state index >= 15 is 0 Å². The van der Waals surface area contributed by atoms with E-state index in [0.717, 1.165) is 22.9 Å². The summed E-state index contributed by atoms with van der Waals surface area (Å²) < 4.78 is 20.4. The van der Waals surface area contributed by atoms with Gasteiger partial charge in [0.2, 0.25) is 11.8 Å². The maximum Gasteiger partial charge on any atom is 0.408 e. The maximum absolute atomic E-state index is 12.7. The highest BCUT2D eigenvalue weighted by atomic mass is 35.5. The van der Waals surface area contributed by atoms with E-state index in [0.29, 0.717) is 46.3 Å². The summed E-state index contributed by atoms with van der Waals surface area (Å²) in [7, 11) is 2.66. The Balaban J connectivity index is 0.000000582. The third-order valence-electron chi connectivity index (χ3n) is 7.73. The van der Waals surface area contributed by atoms with Gasteiger partial charge in [-0.15, -0.1) is 22.7 Å². The topological polar surface area (TPSA) is 225 Å². The fourth-order valence-electron chi connectivity index (χ4n) is 5.04. The number of esters is 2. The van der Waals surface area contributed by atoms with Gasteiger partial charge in [-0.2, -0.15) is 0 Å². The number of halogens is 1. The normalized spacial score (nSPS) is 11.5. The number of nitrogens with one attached hydrogen (secondary N) is 4. The molecule has 19 heteroatoms. The first-order valence-electron chi connectivity index (χ1n) is 19.4. The van der Waals surface area contributed by atoms with Gasteiger partial charge in [-0.25, -0.2) is 19.2 Å². The summed E-state index contributed by atoms with van der Waals surface area (Å²) in [5, 5.41) is 20.2. The fraction of sp³-hybridized carbons (Fsp3) is 0.400. The highest BCUT2D eigenvalue weighted by Crippen LogP contribution is 2.28. The summed E-state index contributed by atoms with van der Waals surface area (Å²) in [5.74, 6) is -2.31. The number of ether oxygens (including phenoxy) is 4. The van der Waals surface area contributed by atoms with Crippen molar-refractivity contribution in [1.29, 1.82) is 0 Å². The molecule has 2 aromatic carbocycles. The number of methoxy groups -OCH3 is 2. The van der Waals surface area contributed by atoms with Crippen LogP contribution in [0.15, 0.2) is 78.2 Å². The SMILES string of the molecule is C.CC(=O)O.COC(=O)c1ccc(CCNC(=O)C(NC(=O)OC(C)(C)C)c2ccc(Cl)s2)cc1.COC(=O)c1ccc(CCNC(=O)C(NC(=O)OC(C)(C)C)c2cccs2)cc1. The van der Waals surface area contributed by atoms with Crippen molar-refractivity contribution < 1.29 is 57.6 Å². The first kappa shape index (κ1) is 56.0. The number of carbonyl (C=O) groups is 7. The molecule has 0 fully saturated rings. The van der Waals surface area contributed by atoms with Crippen LogP contribution in [0, 0.1) is 0 Å². The number of hydrogen-bond acceptors (Lipinski definition) is 13. The number of carbonyl (C=O) groups excluding carboxylic acids is 6. The van der Waals surface area contributed by atoms with Crippen molar-refractivity contribution in [3.8, 4) is 0 Å². The van der Waals surface area contributed by atoms with Gasteiger partial charge in [0.25, 0.3) is 5.97 Å². The molecule has 0 aliphatic rings. The largest absolute Gasteiger partial charge is 0.481 e. The average Bonchev–Trinajstić information content (AvgIpc) is 3.90. The van der Waals surface area contributed by atoms with E-state index in [1.807, 2.05) is 23.6 Å². The molecule has 350 valence electrons. The Morgan fingerprint density at radius 3 is 1.34 bits per heavy atom. The van der Waals surface area contributed by atoms with Crippen molar-refractivity contribution in [2.45, 2.75) is 92.0 Å². The Hall–Kier alpha value is -5.98. The second kappa shape index (κ2) is 27.3. The van der Waals surface area contributed by atoms with Crippen molar-refractivity contribution in [3.63, 3.8) is 0 Å². The van der Waals surface area contributed by atoms with Crippen LogP contribution < -0.4 is 21.3 Å². The van der Waals surface area contributed by atoms with E-state index in [1.54, 1.807) is 96.1 Å². The number of amides is 4. The van der Waals surface area contributed by atoms with Gasteiger partial charge >= 0.3 is 24.1 Å². The Morgan fingerprint density at radius 1 is 0.641 bits per heavy atom. The third-order valence-corrected chi connectivity index (χ3v) is 9.96. The first-order chi connectivity index (χ1) is 29.5. The van der Waals surface area contributed by atoms with Crippen LogP contribution in [-0.4, -0.2) is 85.5 Å². The van der Waals surface area contributed by atoms with Crippen LogP contribution in [-0.2, 0) is 46.2 Å². The number of carboxylic acids is 1. The molecule has 4 amide bonds. The Kier molecular flexibility index (Phi) is 23.9. The van der Waals surface area contributed by atoms with Crippen LogP contribution in [0.2, 0.25) is 4.34 Å². The summed E-state index contributed by atoms with van der Waals surface area (Å²) in [6.45, 7) is 12.3. The smallest absolute Gasteiger partial charge is 0.408 e. The van der Waals surface area contributed by atoms with Gasteiger partial charge in [0.15, 0.2) is 0 Å². The number of hydrogen-bond donors (Lipinski definition) is 5. The van der Waals surface area contributed by atoms with E-state index in [4.69, 9.17) is 31.0 Å². The molecule has 0 aliphatic heterocycles. The zero-order chi connectivity index (χ0) is 47.3.